The summed E-state index contributed by atoms with van der Waals surface area (Å²) in [5.41, 5.74) is 13.0. The minimum absolute atomic E-state index is 1.13. The second-order valence-corrected chi connectivity index (χ2v) is 14.4. The Morgan fingerprint density at radius 3 is 1.96 bits per heavy atom. The molecular weight excluding hydrogens is 649 g/mol. The number of hydrogen-bond donors (Lipinski definition) is 0. The highest BCUT2D eigenvalue weighted by Gasteiger charge is 2.18. The Morgan fingerprint density at radius 1 is 0.500 bits per heavy atom. The van der Waals surface area contributed by atoms with Gasteiger partial charge in [0.15, 0.2) is 0 Å². The van der Waals surface area contributed by atoms with Gasteiger partial charge in [-0.3, -0.25) is 0 Å². The van der Waals surface area contributed by atoms with Gasteiger partial charge in [-0.05, 0) is 89.9 Å². The third kappa shape index (κ3) is 4.63. The van der Waals surface area contributed by atoms with Gasteiger partial charge in [-0.25, -0.2) is 0 Å². The molecule has 0 saturated heterocycles. The van der Waals surface area contributed by atoms with Gasteiger partial charge in [0.25, 0.3) is 0 Å². The van der Waals surface area contributed by atoms with Gasteiger partial charge in [-0.1, -0.05) is 122 Å². The Morgan fingerprint density at radius 2 is 1.13 bits per heavy atom. The molecule has 52 heavy (non-hydrogen) atoms. The predicted molar refractivity (Wildman–Crippen MR) is 226 cm³/mol. The molecule has 3 heteroatoms. The van der Waals surface area contributed by atoms with Crippen LogP contribution in [0.3, 0.4) is 0 Å². The van der Waals surface area contributed by atoms with Crippen molar-refractivity contribution in [1.82, 2.24) is 9.13 Å². The van der Waals surface area contributed by atoms with E-state index in [0.29, 0.717) is 0 Å². The number of nitrogens with zero attached hydrogens (tertiary/aromatic N) is 2. The van der Waals surface area contributed by atoms with E-state index in [0.717, 1.165) is 22.6 Å². The highest BCUT2D eigenvalue weighted by Crippen LogP contribution is 2.41. The Labute approximate surface area is 306 Å². The predicted octanol–water partition coefficient (Wildman–Crippen LogP) is 14.1. The van der Waals surface area contributed by atoms with Gasteiger partial charge < -0.3 is 9.13 Å². The van der Waals surface area contributed by atoms with Crippen molar-refractivity contribution in [3.63, 3.8) is 0 Å². The van der Waals surface area contributed by atoms with Crippen LogP contribution in [-0.4, -0.2) is 9.13 Å². The fourth-order valence-electron chi connectivity index (χ4n) is 8.14. The first-order chi connectivity index (χ1) is 25.7. The minimum Gasteiger partial charge on any atom is -0.309 e. The molecule has 0 spiro atoms. The molecule has 0 N–H and O–H groups in total. The number of benzene rings is 7. The van der Waals surface area contributed by atoms with E-state index in [2.05, 4.69) is 193 Å². The molecule has 0 aliphatic carbocycles. The second-order valence-electron chi connectivity index (χ2n) is 13.3. The Bertz CT molecular complexity index is 3050. The third-order valence-electron chi connectivity index (χ3n) is 10.4. The van der Waals surface area contributed by atoms with E-state index in [4.69, 9.17) is 0 Å². The maximum Gasteiger partial charge on any atom is 0.0542 e. The fraction of sp³-hybridized carbons (Fsp3) is 0.0204. The summed E-state index contributed by atoms with van der Waals surface area (Å²) in [5, 5.41) is 6.31. The third-order valence-corrected chi connectivity index (χ3v) is 11.6. The molecule has 0 bridgehead atoms. The summed E-state index contributed by atoms with van der Waals surface area (Å²) in [7, 11) is 0. The summed E-state index contributed by atoms with van der Waals surface area (Å²) < 4.78 is 7.44. The lowest BCUT2D eigenvalue weighted by Gasteiger charge is -2.13. The van der Waals surface area contributed by atoms with E-state index >= 15 is 0 Å². The number of hydrogen-bond acceptors (Lipinski definition) is 1. The average molecular weight is 683 g/mol. The van der Waals surface area contributed by atoms with Crippen LogP contribution in [0.15, 0.2) is 170 Å². The molecule has 3 heterocycles. The van der Waals surface area contributed by atoms with Gasteiger partial charge in [0.05, 0.1) is 22.2 Å². The minimum atomic E-state index is 1.13. The van der Waals surface area contributed by atoms with Crippen LogP contribution in [0.4, 0.5) is 0 Å². The van der Waals surface area contributed by atoms with E-state index in [9.17, 15) is 0 Å². The van der Waals surface area contributed by atoms with E-state index in [-0.39, 0.29) is 0 Å². The van der Waals surface area contributed by atoms with Crippen LogP contribution in [0.1, 0.15) is 18.2 Å². The van der Waals surface area contributed by atoms with Crippen molar-refractivity contribution < 1.29 is 0 Å². The average Bonchev–Trinajstić information content (AvgIpc) is 3.85. The molecule has 10 aromatic rings. The topological polar surface area (TPSA) is 9.86 Å². The summed E-state index contributed by atoms with van der Waals surface area (Å²) in [4.78, 5) is 0. The molecule has 10 rings (SSSR count). The molecule has 0 radical (unpaired) electrons. The smallest absolute Gasteiger partial charge is 0.0542 e. The van der Waals surface area contributed by atoms with Gasteiger partial charge in [-0.2, -0.15) is 0 Å². The molecule has 0 amide bonds. The van der Waals surface area contributed by atoms with Crippen molar-refractivity contribution >= 4 is 76.4 Å². The zero-order chi connectivity index (χ0) is 34.8. The number of para-hydroxylation sites is 2. The van der Waals surface area contributed by atoms with Crippen LogP contribution in [-0.2, 0) is 0 Å². The largest absolute Gasteiger partial charge is 0.309 e. The van der Waals surface area contributed by atoms with Crippen LogP contribution in [0.2, 0.25) is 0 Å². The first-order valence-corrected chi connectivity index (χ1v) is 18.6. The fourth-order valence-corrected chi connectivity index (χ4v) is 9.38. The molecule has 0 aliphatic rings. The van der Waals surface area contributed by atoms with Crippen molar-refractivity contribution in [3.05, 3.63) is 182 Å². The number of aromatic nitrogens is 2. The number of allylic oxidation sites excluding steroid dienone is 1. The lowest BCUT2D eigenvalue weighted by molar-refractivity contribution is 1.11. The lowest BCUT2D eigenvalue weighted by Crippen LogP contribution is -1.98. The monoisotopic (exact) mass is 682 g/mol. The van der Waals surface area contributed by atoms with Crippen molar-refractivity contribution in [3.8, 4) is 33.6 Å². The molecule has 0 fully saturated rings. The van der Waals surface area contributed by atoms with E-state index in [1.165, 1.54) is 75.1 Å². The first kappa shape index (κ1) is 30.4. The first-order valence-electron chi connectivity index (χ1n) is 17.8. The highest BCUT2D eigenvalue weighted by atomic mass is 32.1. The second kappa shape index (κ2) is 12.1. The zero-order valence-electron chi connectivity index (χ0n) is 28.8. The summed E-state index contributed by atoms with van der Waals surface area (Å²) in [5.74, 6) is 0. The van der Waals surface area contributed by atoms with Crippen molar-refractivity contribution in [2.75, 3.05) is 0 Å². The van der Waals surface area contributed by atoms with Gasteiger partial charge in [0.1, 0.15) is 0 Å². The van der Waals surface area contributed by atoms with Crippen LogP contribution in [0.25, 0.3) is 98.7 Å². The quantitative estimate of drug-likeness (QED) is 0.165. The van der Waals surface area contributed by atoms with Crippen LogP contribution >= 0.6 is 11.3 Å². The van der Waals surface area contributed by atoms with E-state index < -0.39 is 0 Å². The van der Waals surface area contributed by atoms with Gasteiger partial charge >= 0.3 is 0 Å². The molecule has 0 atom stereocenters. The molecule has 0 unspecified atom stereocenters. The van der Waals surface area contributed by atoms with Gasteiger partial charge in [-0.15, -0.1) is 11.3 Å². The van der Waals surface area contributed by atoms with Crippen LogP contribution < -0.4 is 0 Å². The Kier molecular flexibility index (Phi) is 7.09. The molecule has 0 aliphatic heterocycles. The maximum atomic E-state index is 4.18. The molecule has 246 valence electrons. The summed E-state index contributed by atoms with van der Waals surface area (Å²) in [6.45, 7) is 6.25. The zero-order valence-corrected chi connectivity index (χ0v) is 29.6. The summed E-state index contributed by atoms with van der Waals surface area (Å²) in [6.07, 6.45) is 6.27. The van der Waals surface area contributed by atoms with Gasteiger partial charge in [0, 0.05) is 53.3 Å². The molecule has 0 saturated carbocycles. The number of thiophene rings is 1. The summed E-state index contributed by atoms with van der Waals surface area (Å²) in [6, 6.07) is 57.7. The standard InChI is InChI=1S/C49H34N2S/c1-3-14-44-37(4-2)39-19-5-8-24-45(39)51(44)36-27-28-47-43(31-36)40-20-6-9-25-46(40)50(47)35-18-12-16-33(30-35)32-15-11-17-34(29-32)38-22-13-23-42-41-21-7-10-26-48(41)52-49(38)42/h3-31H,2H2,1H3/b14-3-. The summed E-state index contributed by atoms with van der Waals surface area (Å²) >= 11 is 1.88. The highest BCUT2D eigenvalue weighted by molar-refractivity contribution is 7.26. The van der Waals surface area contributed by atoms with Crippen LogP contribution in [0.5, 0.6) is 0 Å². The van der Waals surface area contributed by atoms with Gasteiger partial charge in [0.2, 0.25) is 0 Å². The SMILES string of the molecule is C=Cc1c(/C=C\C)n(-c2ccc3c(c2)c2ccccc2n3-c2cccc(-c3cccc(-c4cccc5c4sc4ccccc45)c3)c2)c2ccccc12. The van der Waals surface area contributed by atoms with Crippen molar-refractivity contribution in [1.29, 1.82) is 0 Å². The van der Waals surface area contributed by atoms with E-state index in [1.54, 1.807) is 0 Å². The van der Waals surface area contributed by atoms with Crippen LogP contribution in [0, 0.1) is 0 Å². The molecule has 3 aromatic heterocycles. The molecule has 7 aromatic carbocycles. The molecule has 2 nitrogen and oxygen atoms in total. The Hall–Kier alpha value is -6.42. The van der Waals surface area contributed by atoms with Crippen molar-refractivity contribution in [2.45, 2.75) is 6.92 Å². The maximum absolute atomic E-state index is 4.18. The Balaban J connectivity index is 1.12. The number of fused-ring (bicyclic) bond motifs is 7. The van der Waals surface area contributed by atoms with E-state index in [1.807, 2.05) is 17.4 Å². The normalized spacial score (nSPS) is 11.9. The number of rotatable bonds is 6. The lowest BCUT2D eigenvalue weighted by atomic mass is 9.97. The molecular formula is C49H34N2S. The van der Waals surface area contributed by atoms with Crippen molar-refractivity contribution in [2.24, 2.45) is 0 Å².